The zero-order valence-electron chi connectivity index (χ0n) is 17.0. The third kappa shape index (κ3) is 5.57. The number of pyridine rings is 1. The van der Waals surface area contributed by atoms with Crippen molar-refractivity contribution in [3.63, 3.8) is 0 Å². The summed E-state index contributed by atoms with van der Waals surface area (Å²) >= 11 is 0. The molecule has 0 aliphatic carbocycles. The molecule has 1 aromatic heterocycles. The molecule has 2 saturated heterocycles. The van der Waals surface area contributed by atoms with E-state index in [4.69, 9.17) is 9.47 Å². The van der Waals surface area contributed by atoms with Gasteiger partial charge in [0.15, 0.2) is 0 Å². The van der Waals surface area contributed by atoms with Crippen LogP contribution >= 0.6 is 0 Å². The number of likely N-dealkylation sites (tertiary alicyclic amines) is 1. The van der Waals surface area contributed by atoms with E-state index in [1.54, 1.807) is 12.4 Å². The standard InChI is InChI=1S/C24H30N2O3/c27-24(22-9-14-28-15-10-22)26-12-7-20(8-13-26)16-19-3-5-21(6-4-19)18-29-23-2-1-11-25-17-23/h1-6,11,17,20,22H,7-10,12-16,18H2. The number of amides is 1. The number of carbonyl (C=O) groups is 1. The lowest BCUT2D eigenvalue weighted by Gasteiger charge is -2.35. The van der Waals surface area contributed by atoms with E-state index in [1.165, 1.54) is 5.56 Å². The lowest BCUT2D eigenvalue weighted by Crippen LogP contribution is -2.43. The molecular formula is C24H30N2O3. The summed E-state index contributed by atoms with van der Waals surface area (Å²) in [6.07, 6.45) is 8.52. The van der Waals surface area contributed by atoms with Crippen molar-refractivity contribution in [2.24, 2.45) is 11.8 Å². The van der Waals surface area contributed by atoms with Crippen molar-refractivity contribution in [1.82, 2.24) is 9.88 Å². The van der Waals surface area contributed by atoms with Crippen molar-refractivity contribution in [2.45, 2.75) is 38.7 Å². The molecule has 154 valence electrons. The van der Waals surface area contributed by atoms with Crippen LogP contribution in [0.2, 0.25) is 0 Å². The molecule has 5 nitrogen and oxygen atoms in total. The van der Waals surface area contributed by atoms with Gasteiger partial charge in [-0.2, -0.15) is 0 Å². The zero-order valence-corrected chi connectivity index (χ0v) is 17.0. The summed E-state index contributed by atoms with van der Waals surface area (Å²) in [7, 11) is 0. The van der Waals surface area contributed by atoms with E-state index < -0.39 is 0 Å². The highest BCUT2D eigenvalue weighted by Crippen LogP contribution is 2.25. The average Bonchev–Trinajstić information content (AvgIpc) is 2.80. The Balaban J connectivity index is 1.21. The van der Waals surface area contributed by atoms with Crippen molar-refractivity contribution in [3.05, 3.63) is 59.9 Å². The van der Waals surface area contributed by atoms with Crippen molar-refractivity contribution in [1.29, 1.82) is 0 Å². The molecule has 0 N–H and O–H groups in total. The van der Waals surface area contributed by atoms with Gasteiger partial charge in [0, 0.05) is 38.4 Å². The first-order chi connectivity index (χ1) is 14.3. The Bertz CT molecular complexity index is 764. The fourth-order valence-corrected chi connectivity index (χ4v) is 4.26. The fourth-order valence-electron chi connectivity index (χ4n) is 4.26. The summed E-state index contributed by atoms with van der Waals surface area (Å²) < 4.78 is 11.1. The highest BCUT2D eigenvalue weighted by molar-refractivity contribution is 5.79. The maximum absolute atomic E-state index is 12.7. The maximum atomic E-state index is 12.7. The van der Waals surface area contributed by atoms with Gasteiger partial charge in [-0.1, -0.05) is 24.3 Å². The molecule has 0 saturated carbocycles. The normalized spacial score (nSPS) is 18.6. The number of carbonyl (C=O) groups excluding carboxylic acids is 1. The predicted octanol–water partition coefficient (Wildman–Crippen LogP) is 3.87. The number of nitrogens with zero attached hydrogens (tertiary/aromatic N) is 2. The quantitative estimate of drug-likeness (QED) is 0.746. The molecule has 5 heteroatoms. The Morgan fingerprint density at radius 1 is 1.03 bits per heavy atom. The fraction of sp³-hybridized carbons (Fsp3) is 0.500. The Labute approximate surface area is 173 Å². The van der Waals surface area contributed by atoms with Crippen molar-refractivity contribution < 1.29 is 14.3 Å². The van der Waals surface area contributed by atoms with E-state index >= 15 is 0 Å². The minimum Gasteiger partial charge on any atom is -0.487 e. The van der Waals surface area contributed by atoms with Crippen LogP contribution in [0.3, 0.4) is 0 Å². The molecule has 0 bridgehead atoms. The summed E-state index contributed by atoms with van der Waals surface area (Å²) in [4.78, 5) is 18.8. The first-order valence-corrected chi connectivity index (χ1v) is 10.7. The molecule has 2 aliphatic heterocycles. The smallest absolute Gasteiger partial charge is 0.225 e. The third-order valence-electron chi connectivity index (χ3n) is 6.08. The first-order valence-electron chi connectivity index (χ1n) is 10.7. The Morgan fingerprint density at radius 2 is 1.76 bits per heavy atom. The van der Waals surface area contributed by atoms with Gasteiger partial charge in [-0.05, 0) is 61.3 Å². The molecule has 0 radical (unpaired) electrons. The summed E-state index contributed by atoms with van der Waals surface area (Å²) in [6, 6.07) is 12.5. The van der Waals surface area contributed by atoms with E-state index in [2.05, 4.69) is 34.1 Å². The SMILES string of the molecule is O=C(C1CCOCC1)N1CCC(Cc2ccc(COc3cccnc3)cc2)CC1. The van der Waals surface area contributed by atoms with Crippen molar-refractivity contribution in [3.8, 4) is 5.75 Å². The van der Waals surface area contributed by atoms with Gasteiger partial charge in [-0.15, -0.1) is 0 Å². The van der Waals surface area contributed by atoms with E-state index in [0.717, 1.165) is 69.7 Å². The van der Waals surface area contributed by atoms with Crippen molar-refractivity contribution >= 4 is 5.91 Å². The lowest BCUT2D eigenvalue weighted by molar-refractivity contribution is -0.139. The highest BCUT2D eigenvalue weighted by Gasteiger charge is 2.29. The second-order valence-corrected chi connectivity index (χ2v) is 8.15. The molecule has 0 unspecified atom stereocenters. The molecule has 0 atom stereocenters. The van der Waals surface area contributed by atoms with Crippen LogP contribution in [0.25, 0.3) is 0 Å². The molecule has 29 heavy (non-hydrogen) atoms. The highest BCUT2D eigenvalue weighted by atomic mass is 16.5. The molecule has 3 heterocycles. The van der Waals surface area contributed by atoms with Crippen LogP contribution in [0.4, 0.5) is 0 Å². The molecule has 2 fully saturated rings. The van der Waals surface area contributed by atoms with Crippen LogP contribution in [-0.4, -0.2) is 42.1 Å². The number of benzene rings is 1. The predicted molar refractivity (Wildman–Crippen MR) is 112 cm³/mol. The molecular weight excluding hydrogens is 364 g/mol. The van der Waals surface area contributed by atoms with Gasteiger partial charge >= 0.3 is 0 Å². The van der Waals surface area contributed by atoms with Crippen LogP contribution in [0.1, 0.15) is 36.8 Å². The van der Waals surface area contributed by atoms with Gasteiger partial charge in [-0.3, -0.25) is 9.78 Å². The second kappa shape index (κ2) is 9.88. The second-order valence-electron chi connectivity index (χ2n) is 8.15. The largest absolute Gasteiger partial charge is 0.487 e. The zero-order chi connectivity index (χ0) is 19.9. The molecule has 1 amide bonds. The summed E-state index contributed by atoms with van der Waals surface area (Å²) in [6.45, 7) is 3.82. The van der Waals surface area contributed by atoms with E-state index in [-0.39, 0.29) is 5.92 Å². The van der Waals surface area contributed by atoms with E-state index in [9.17, 15) is 4.79 Å². The lowest BCUT2D eigenvalue weighted by atomic mass is 9.89. The van der Waals surface area contributed by atoms with Crippen LogP contribution < -0.4 is 4.74 Å². The van der Waals surface area contributed by atoms with E-state index in [0.29, 0.717) is 18.4 Å². The molecule has 0 spiro atoms. The third-order valence-corrected chi connectivity index (χ3v) is 6.08. The number of aromatic nitrogens is 1. The number of rotatable bonds is 6. The number of hydrogen-bond donors (Lipinski definition) is 0. The van der Waals surface area contributed by atoms with E-state index in [1.807, 2.05) is 12.1 Å². The number of piperidine rings is 1. The van der Waals surface area contributed by atoms with Crippen LogP contribution in [0.5, 0.6) is 5.75 Å². The summed E-state index contributed by atoms with van der Waals surface area (Å²) in [5.74, 6) is 1.98. The van der Waals surface area contributed by atoms with Gasteiger partial charge in [0.2, 0.25) is 5.91 Å². The molecule has 1 aromatic carbocycles. The minimum atomic E-state index is 0.182. The van der Waals surface area contributed by atoms with Crippen LogP contribution in [0.15, 0.2) is 48.8 Å². The first kappa shape index (κ1) is 19.9. The van der Waals surface area contributed by atoms with Crippen LogP contribution in [-0.2, 0) is 22.6 Å². The topological polar surface area (TPSA) is 51.7 Å². The minimum absolute atomic E-state index is 0.182. The van der Waals surface area contributed by atoms with Crippen molar-refractivity contribution in [2.75, 3.05) is 26.3 Å². The molecule has 2 aliphatic rings. The molecule has 4 rings (SSSR count). The monoisotopic (exact) mass is 394 g/mol. The maximum Gasteiger partial charge on any atom is 0.225 e. The summed E-state index contributed by atoms with van der Waals surface area (Å²) in [5, 5.41) is 0. The Kier molecular flexibility index (Phi) is 6.78. The Morgan fingerprint density at radius 3 is 2.45 bits per heavy atom. The number of ether oxygens (including phenoxy) is 2. The average molecular weight is 395 g/mol. The molecule has 2 aromatic rings. The van der Waals surface area contributed by atoms with Gasteiger partial charge < -0.3 is 14.4 Å². The van der Waals surface area contributed by atoms with Gasteiger partial charge in [-0.25, -0.2) is 0 Å². The van der Waals surface area contributed by atoms with Gasteiger partial charge in [0.25, 0.3) is 0 Å². The number of hydrogen-bond acceptors (Lipinski definition) is 4. The van der Waals surface area contributed by atoms with Gasteiger partial charge in [0.1, 0.15) is 12.4 Å². The Hall–Kier alpha value is -2.40. The summed E-state index contributed by atoms with van der Waals surface area (Å²) in [5.41, 5.74) is 2.53. The van der Waals surface area contributed by atoms with Gasteiger partial charge in [0.05, 0.1) is 6.20 Å². The van der Waals surface area contributed by atoms with Crippen LogP contribution in [0, 0.1) is 11.8 Å².